The van der Waals surface area contributed by atoms with Crippen LogP contribution in [-0.2, 0) is 0 Å². The molecule has 0 atom stereocenters. The van der Waals surface area contributed by atoms with Gasteiger partial charge in [-0.15, -0.1) is 0 Å². The second kappa shape index (κ2) is 6.92. The van der Waals surface area contributed by atoms with Crippen LogP contribution in [0.3, 0.4) is 0 Å². The SMILES string of the molecule is CCCCCCC(I)(I)CC. The zero-order valence-electron chi connectivity index (χ0n) is 7.50. The summed E-state index contributed by atoms with van der Waals surface area (Å²) in [4.78, 5) is 0. The molecule has 0 amide bonds. The average Bonchev–Trinajstić information content (AvgIpc) is 1.99. The summed E-state index contributed by atoms with van der Waals surface area (Å²) in [6.45, 7) is 4.54. The highest BCUT2D eigenvalue weighted by atomic mass is 127. The predicted octanol–water partition coefficient (Wildman–Crippen LogP) is 4.93. The van der Waals surface area contributed by atoms with Crippen molar-refractivity contribution in [1.29, 1.82) is 0 Å². The molecule has 0 aliphatic rings. The lowest BCUT2D eigenvalue weighted by atomic mass is 10.1. The molecule has 0 fully saturated rings. The topological polar surface area (TPSA) is 0 Å². The number of hydrogen-bond donors (Lipinski definition) is 0. The van der Waals surface area contributed by atoms with Gasteiger partial charge in [0.15, 0.2) is 0 Å². The highest BCUT2D eigenvalue weighted by molar-refractivity contribution is 14.2. The largest absolute Gasteiger partial charge is 0.0732 e. The van der Waals surface area contributed by atoms with Gasteiger partial charge < -0.3 is 0 Å². The third-order valence-electron chi connectivity index (χ3n) is 1.91. The van der Waals surface area contributed by atoms with E-state index in [0.717, 1.165) is 0 Å². The van der Waals surface area contributed by atoms with Crippen LogP contribution >= 0.6 is 45.2 Å². The quantitative estimate of drug-likeness (QED) is 0.348. The highest BCUT2D eigenvalue weighted by Crippen LogP contribution is 2.36. The Labute approximate surface area is 98.2 Å². The zero-order valence-corrected chi connectivity index (χ0v) is 11.8. The van der Waals surface area contributed by atoms with Crippen molar-refractivity contribution in [3.63, 3.8) is 0 Å². The van der Waals surface area contributed by atoms with Crippen LogP contribution in [0.5, 0.6) is 0 Å². The lowest BCUT2D eigenvalue weighted by molar-refractivity contribution is 0.611. The lowest BCUT2D eigenvalue weighted by Crippen LogP contribution is -2.07. The van der Waals surface area contributed by atoms with Crippen LogP contribution in [0.25, 0.3) is 0 Å². The summed E-state index contributed by atoms with van der Waals surface area (Å²) in [5.74, 6) is 0. The third-order valence-corrected chi connectivity index (χ3v) is 4.52. The van der Waals surface area contributed by atoms with E-state index in [2.05, 4.69) is 59.0 Å². The van der Waals surface area contributed by atoms with E-state index in [-0.39, 0.29) is 0 Å². The van der Waals surface area contributed by atoms with Crippen molar-refractivity contribution < 1.29 is 0 Å². The van der Waals surface area contributed by atoms with E-state index >= 15 is 0 Å². The van der Waals surface area contributed by atoms with E-state index < -0.39 is 0 Å². The maximum Gasteiger partial charge on any atom is 0.0732 e. The number of rotatable bonds is 6. The fourth-order valence-electron chi connectivity index (χ4n) is 0.987. The van der Waals surface area contributed by atoms with Crippen molar-refractivity contribution in [2.75, 3.05) is 0 Å². The summed E-state index contributed by atoms with van der Waals surface area (Å²) < 4.78 is 0.531. The molecule has 0 N–H and O–H groups in total. The number of alkyl halides is 2. The standard InChI is InChI=1S/C9H18I2/c1-3-5-6-7-8-9(10,11)4-2/h3-8H2,1-2H3. The Morgan fingerprint density at radius 2 is 1.64 bits per heavy atom. The summed E-state index contributed by atoms with van der Waals surface area (Å²) in [6, 6.07) is 0. The average molecular weight is 380 g/mol. The zero-order chi connectivity index (χ0) is 8.74. The van der Waals surface area contributed by atoms with Crippen molar-refractivity contribution in [2.45, 2.75) is 53.8 Å². The molecule has 0 radical (unpaired) electrons. The molecule has 0 bridgehead atoms. The van der Waals surface area contributed by atoms with Gasteiger partial charge in [-0.2, -0.15) is 0 Å². The van der Waals surface area contributed by atoms with E-state index in [1.165, 1.54) is 38.5 Å². The minimum atomic E-state index is 0.531. The first-order valence-corrected chi connectivity index (χ1v) is 6.66. The molecule has 0 aromatic heterocycles. The lowest BCUT2D eigenvalue weighted by Gasteiger charge is -2.17. The van der Waals surface area contributed by atoms with Crippen LogP contribution in [0.15, 0.2) is 0 Å². The molecule has 0 spiro atoms. The monoisotopic (exact) mass is 380 g/mol. The van der Waals surface area contributed by atoms with Crippen LogP contribution in [-0.4, -0.2) is 1.43 Å². The molecule has 0 nitrogen and oxygen atoms in total. The molecule has 0 heterocycles. The molecule has 0 saturated heterocycles. The van der Waals surface area contributed by atoms with Crippen LogP contribution < -0.4 is 0 Å². The van der Waals surface area contributed by atoms with Crippen molar-refractivity contribution in [3.8, 4) is 0 Å². The molecular formula is C9H18I2. The van der Waals surface area contributed by atoms with Gasteiger partial charge in [0.25, 0.3) is 0 Å². The summed E-state index contributed by atoms with van der Waals surface area (Å²) in [5.41, 5.74) is 0. The van der Waals surface area contributed by atoms with Crippen LogP contribution in [0.2, 0.25) is 0 Å². The first-order chi connectivity index (χ1) is 5.12. The van der Waals surface area contributed by atoms with Crippen molar-refractivity contribution in [2.24, 2.45) is 0 Å². The normalized spacial score (nSPS) is 12.0. The van der Waals surface area contributed by atoms with Gasteiger partial charge in [0, 0.05) is 0 Å². The molecule has 0 rings (SSSR count). The molecule has 0 unspecified atom stereocenters. The van der Waals surface area contributed by atoms with E-state index in [4.69, 9.17) is 0 Å². The minimum absolute atomic E-state index is 0.531. The van der Waals surface area contributed by atoms with Crippen LogP contribution in [0, 0.1) is 0 Å². The fraction of sp³-hybridized carbons (Fsp3) is 1.00. The molecule has 68 valence electrons. The van der Waals surface area contributed by atoms with E-state index in [9.17, 15) is 0 Å². The summed E-state index contributed by atoms with van der Waals surface area (Å²) in [7, 11) is 0. The number of unbranched alkanes of at least 4 members (excludes halogenated alkanes) is 3. The Balaban J connectivity index is 3.23. The van der Waals surface area contributed by atoms with Crippen molar-refractivity contribution in [3.05, 3.63) is 0 Å². The van der Waals surface area contributed by atoms with Gasteiger partial charge in [-0.3, -0.25) is 0 Å². The van der Waals surface area contributed by atoms with Gasteiger partial charge >= 0.3 is 0 Å². The summed E-state index contributed by atoms with van der Waals surface area (Å²) in [5, 5.41) is 0. The Morgan fingerprint density at radius 3 is 2.09 bits per heavy atom. The van der Waals surface area contributed by atoms with Crippen molar-refractivity contribution >= 4 is 45.2 Å². The second-order valence-corrected chi connectivity index (χ2v) is 9.21. The minimum Gasteiger partial charge on any atom is -0.0672 e. The first kappa shape index (κ1) is 12.5. The molecular weight excluding hydrogens is 362 g/mol. The molecule has 0 aromatic carbocycles. The van der Waals surface area contributed by atoms with Gasteiger partial charge in [-0.1, -0.05) is 84.7 Å². The Kier molecular flexibility index (Phi) is 7.84. The number of halogens is 2. The number of hydrogen-bond acceptors (Lipinski definition) is 0. The summed E-state index contributed by atoms with van der Waals surface area (Å²) in [6.07, 6.45) is 8.26. The Morgan fingerprint density at radius 1 is 1.00 bits per heavy atom. The Hall–Kier alpha value is 1.46. The van der Waals surface area contributed by atoms with E-state index in [1.54, 1.807) is 0 Å². The van der Waals surface area contributed by atoms with Gasteiger partial charge in [0.1, 0.15) is 0 Å². The van der Waals surface area contributed by atoms with Gasteiger partial charge in [-0.05, 0) is 12.8 Å². The maximum absolute atomic E-state index is 2.58. The van der Waals surface area contributed by atoms with Gasteiger partial charge in [-0.25, -0.2) is 0 Å². The maximum atomic E-state index is 2.58. The van der Waals surface area contributed by atoms with Gasteiger partial charge in [0.2, 0.25) is 0 Å². The van der Waals surface area contributed by atoms with Crippen molar-refractivity contribution in [1.82, 2.24) is 0 Å². The fourth-order valence-corrected chi connectivity index (χ4v) is 1.75. The van der Waals surface area contributed by atoms with Gasteiger partial charge in [0.05, 0.1) is 1.43 Å². The summed E-state index contributed by atoms with van der Waals surface area (Å²) >= 11 is 5.16. The van der Waals surface area contributed by atoms with Crippen LogP contribution in [0.1, 0.15) is 52.4 Å². The molecule has 0 aromatic rings. The highest BCUT2D eigenvalue weighted by Gasteiger charge is 2.17. The third kappa shape index (κ3) is 7.81. The smallest absolute Gasteiger partial charge is 0.0672 e. The molecule has 0 saturated carbocycles. The van der Waals surface area contributed by atoms with E-state index in [0.29, 0.717) is 1.43 Å². The van der Waals surface area contributed by atoms with Crippen LogP contribution in [0.4, 0.5) is 0 Å². The molecule has 0 aliphatic heterocycles. The first-order valence-electron chi connectivity index (χ1n) is 4.50. The van der Waals surface area contributed by atoms with E-state index in [1.807, 2.05) is 0 Å². The second-order valence-electron chi connectivity index (χ2n) is 3.02. The molecule has 2 heteroatoms. The molecule has 0 aliphatic carbocycles. The predicted molar refractivity (Wildman–Crippen MR) is 69.8 cm³/mol. The molecule has 11 heavy (non-hydrogen) atoms. The Bertz CT molecular complexity index is 89.6.